The van der Waals surface area contributed by atoms with Crippen molar-refractivity contribution in [3.63, 3.8) is 0 Å². The summed E-state index contributed by atoms with van der Waals surface area (Å²) in [6, 6.07) is 0. The number of nitrogens with two attached hydrogens (primary N) is 1. The SMILES string of the molecule is CCC(CCCI)OC(N)=O. The van der Waals surface area contributed by atoms with E-state index in [0.29, 0.717) is 0 Å². The van der Waals surface area contributed by atoms with Gasteiger partial charge in [0.2, 0.25) is 0 Å². The van der Waals surface area contributed by atoms with Crippen molar-refractivity contribution in [2.75, 3.05) is 4.43 Å². The van der Waals surface area contributed by atoms with E-state index in [2.05, 4.69) is 22.6 Å². The van der Waals surface area contributed by atoms with E-state index in [1.54, 1.807) is 0 Å². The van der Waals surface area contributed by atoms with Crippen LogP contribution in [-0.2, 0) is 4.74 Å². The molecule has 0 radical (unpaired) electrons. The van der Waals surface area contributed by atoms with E-state index >= 15 is 0 Å². The Labute approximate surface area is 80.8 Å². The number of carbonyl (C=O) groups excluding carboxylic acids is 1. The monoisotopic (exact) mass is 271 g/mol. The van der Waals surface area contributed by atoms with Gasteiger partial charge in [-0.2, -0.15) is 0 Å². The van der Waals surface area contributed by atoms with Crippen LogP contribution in [-0.4, -0.2) is 16.6 Å². The molecule has 0 bridgehead atoms. The summed E-state index contributed by atoms with van der Waals surface area (Å²) in [6.07, 6.45) is 2.20. The van der Waals surface area contributed by atoms with E-state index in [4.69, 9.17) is 10.5 Å². The van der Waals surface area contributed by atoms with Crippen LogP contribution < -0.4 is 5.73 Å². The fourth-order valence-electron chi connectivity index (χ4n) is 0.815. The Hall–Kier alpha value is 0. The Morgan fingerprint density at radius 2 is 2.36 bits per heavy atom. The van der Waals surface area contributed by atoms with Crippen LogP contribution >= 0.6 is 22.6 Å². The number of hydrogen-bond acceptors (Lipinski definition) is 2. The molecule has 0 saturated heterocycles. The molecule has 66 valence electrons. The number of halogens is 1. The summed E-state index contributed by atoms with van der Waals surface area (Å²) in [5, 5.41) is 0. The average Bonchev–Trinajstić information content (AvgIpc) is 1.97. The maximum Gasteiger partial charge on any atom is 0.404 e. The zero-order valence-corrected chi connectivity index (χ0v) is 8.84. The lowest BCUT2D eigenvalue weighted by Crippen LogP contribution is -2.22. The van der Waals surface area contributed by atoms with Gasteiger partial charge >= 0.3 is 6.09 Å². The quantitative estimate of drug-likeness (QED) is 0.614. The summed E-state index contributed by atoms with van der Waals surface area (Å²) in [7, 11) is 0. The molecule has 0 heterocycles. The van der Waals surface area contributed by atoms with Crippen LogP contribution in [0.1, 0.15) is 26.2 Å². The maximum absolute atomic E-state index is 10.3. The molecule has 0 rings (SSSR count). The van der Waals surface area contributed by atoms with Gasteiger partial charge in [-0.15, -0.1) is 0 Å². The first-order valence-corrected chi connectivity index (χ1v) is 5.25. The molecule has 0 aromatic carbocycles. The first-order chi connectivity index (χ1) is 5.20. The topological polar surface area (TPSA) is 52.3 Å². The summed E-state index contributed by atoms with van der Waals surface area (Å²) in [5.74, 6) is 0. The second-order valence-corrected chi connectivity index (χ2v) is 3.38. The molecular weight excluding hydrogens is 257 g/mol. The van der Waals surface area contributed by atoms with Crippen LogP contribution in [0.4, 0.5) is 4.79 Å². The molecule has 1 unspecified atom stereocenters. The third-order valence-electron chi connectivity index (χ3n) is 1.40. The Bertz CT molecular complexity index is 119. The number of carbonyl (C=O) groups is 1. The minimum atomic E-state index is -0.662. The standard InChI is InChI=1S/C7H14INO2/c1-2-6(4-3-5-8)11-7(9)10/h6H,2-5H2,1H3,(H2,9,10). The first kappa shape index (κ1) is 11.0. The summed E-state index contributed by atoms with van der Waals surface area (Å²) in [5.41, 5.74) is 4.88. The molecule has 0 spiro atoms. The van der Waals surface area contributed by atoms with Gasteiger partial charge in [0.15, 0.2) is 0 Å². The highest BCUT2D eigenvalue weighted by atomic mass is 127. The van der Waals surface area contributed by atoms with Crippen LogP contribution in [0.5, 0.6) is 0 Å². The molecule has 0 aliphatic rings. The van der Waals surface area contributed by atoms with Crippen LogP contribution in [0.25, 0.3) is 0 Å². The Morgan fingerprint density at radius 1 is 1.73 bits per heavy atom. The molecule has 4 heteroatoms. The fourth-order valence-corrected chi connectivity index (χ4v) is 1.26. The van der Waals surface area contributed by atoms with Crippen molar-refractivity contribution in [2.45, 2.75) is 32.3 Å². The summed E-state index contributed by atoms with van der Waals surface area (Å²) in [4.78, 5) is 10.3. The van der Waals surface area contributed by atoms with Crippen LogP contribution in [0.15, 0.2) is 0 Å². The van der Waals surface area contributed by atoms with Crippen LogP contribution in [0.2, 0.25) is 0 Å². The number of ether oxygens (including phenoxy) is 1. The van der Waals surface area contributed by atoms with E-state index < -0.39 is 6.09 Å². The molecule has 1 atom stereocenters. The molecule has 0 aromatic heterocycles. The third kappa shape index (κ3) is 6.40. The lowest BCUT2D eigenvalue weighted by Gasteiger charge is -2.12. The summed E-state index contributed by atoms with van der Waals surface area (Å²) < 4.78 is 5.93. The van der Waals surface area contributed by atoms with E-state index in [-0.39, 0.29) is 6.10 Å². The van der Waals surface area contributed by atoms with Crippen molar-refractivity contribution < 1.29 is 9.53 Å². The number of alkyl halides is 1. The number of rotatable bonds is 5. The maximum atomic E-state index is 10.3. The van der Waals surface area contributed by atoms with Crippen LogP contribution in [0, 0.1) is 0 Å². The Morgan fingerprint density at radius 3 is 2.73 bits per heavy atom. The third-order valence-corrected chi connectivity index (χ3v) is 2.16. The van der Waals surface area contributed by atoms with Crippen molar-refractivity contribution >= 4 is 28.7 Å². The molecule has 1 amide bonds. The van der Waals surface area contributed by atoms with Gasteiger partial charge in [0.05, 0.1) is 0 Å². The minimum Gasteiger partial charge on any atom is -0.446 e. The molecule has 0 aliphatic carbocycles. The molecular formula is C7H14INO2. The molecule has 0 fully saturated rings. The van der Waals surface area contributed by atoms with E-state index in [1.165, 1.54) is 0 Å². The van der Waals surface area contributed by atoms with Gasteiger partial charge < -0.3 is 10.5 Å². The first-order valence-electron chi connectivity index (χ1n) is 3.72. The largest absolute Gasteiger partial charge is 0.446 e. The Balaban J connectivity index is 3.49. The molecule has 2 N–H and O–H groups in total. The van der Waals surface area contributed by atoms with Gasteiger partial charge in [-0.25, -0.2) is 4.79 Å². The van der Waals surface area contributed by atoms with E-state index in [9.17, 15) is 4.79 Å². The van der Waals surface area contributed by atoms with Crippen molar-refractivity contribution in [1.82, 2.24) is 0 Å². The van der Waals surface area contributed by atoms with Crippen LogP contribution in [0.3, 0.4) is 0 Å². The summed E-state index contributed by atoms with van der Waals surface area (Å²) >= 11 is 2.30. The van der Waals surface area contributed by atoms with Crippen molar-refractivity contribution in [1.29, 1.82) is 0 Å². The predicted octanol–water partition coefficient (Wildman–Crippen LogP) is 2.08. The second-order valence-electron chi connectivity index (χ2n) is 2.30. The highest BCUT2D eigenvalue weighted by Crippen LogP contribution is 2.07. The molecule has 0 saturated carbocycles. The number of amides is 1. The summed E-state index contributed by atoms with van der Waals surface area (Å²) in [6.45, 7) is 1.99. The zero-order chi connectivity index (χ0) is 8.69. The van der Waals surface area contributed by atoms with Crippen molar-refractivity contribution in [3.05, 3.63) is 0 Å². The smallest absolute Gasteiger partial charge is 0.404 e. The predicted molar refractivity (Wildman–Crippen MR) is 52.9 cm³/mol. The highest BCUT2D eigenvalue weighted by Gasteiger charge is 2.08. The van der Waals surface area contributed by atoms with Gasteiger partial charge in [-0.3, -0.25) is 0 Å². The highest BCUT2D eigenvalue weighted by molar-refractivity contribution is 14.1. The fraction of sp³-hybridized carbons (Fsp3) is 0.857. The molecule has 0 aromatic rings. The molecule has 0 aliphatic heterocycles. The van der Waals surface area contributed by atoms with Crippen molar-refractivity contribution in [3.8, 4) is 0 Å². The average molecular weight is 271 g/mol. The normalized spacial score (nSPS) is 12.5. The molecule has 11 heavy (non-hydrogen) atoms. The van der Waals surface area contributed by atoms with Crippen molar-refractivity contribution in [2.24, 2.45) is 5.73 Å². The van der Waals surface area contributed by atoms with E-state index in [0.717, 1.165) is 23.7 Å². The lowest BCUT2D eigenvalue weighted by atomic mass is 10.2. The zero-order valence-electron chi connectivity index (χ0n) is 6.68. The van der Waals surface area contributed by atoms with Gasteiger partial charge in [-0.1, -0.05) is 29.5 Å². The van der Waals surface area contributed by atoms with Gasteiger partial charge in [0.25, 0.3) is 0 Å². The minimum absolute atomic E-state index is 0.0160. The second kappa shape index (κ2) is 6.69. The Kier molecular flexibility index (Phi) is 6.69. The number of primary amides is 1. The molecule has 3 nitrogen and oxygen atoms in total. The van der Waals surface area contributed by atoms with Gasteiger partial charge in [-0.05, 0) is 23.7 Å². The van der Waals surface area contributed by atoms with Gasteiger partial charge in [0, 0.05) is 0 Å². The lowest BCUT2D eigenvalue weighted by molar-refractivity contribution is 0.0985. The van der Waals surface area contributed by atoms with Gasteiger partial charge in [0.1, 0.15) is 6.10 Å². The number of hydrogen-bond donors (Lipinski definition) is 1. The van der Waals surface area contributed by atoms with E-state index in [1.807, 2.05) is 6.92 Å².